The van der Waals surface area contributed by atoms with Crippen LogP contribution in [0.1, 0.15) is 5.56 Å². The Balaban J connectivity index is 2.19. The third-order valence-corrected chi connectivity index (χ3v) is 2.25. The lowest BCUT2D eigenvalue weighted by Gasteiger charge is -2.11. The lowest BCUT2D eigenvalue weighted by atomic mass is 10.1. The molecule has 0 unspecified atom stereocenters. The highest BCUT2D eigenvalue weighted by molar-refractivity contribution is 5.61. The zero-order valence-electron chi connectivity index (χ0n) is 9.44. The minimum Gasteiger partial charge on any atom is -0.277 e. The van der Waals surface area contributed by atoms with Crippen molar-refractivity contribution in [3.8, 4) is 11.3 Å². The Bertz CT molecular complexity index is 435. The number of nitrogens with one attached hydrogen (secondary N) is 2. The van der Waals surface area contributed by atoms with E-state index in [4.69, 9.17) is 0 Å². The molecule has 2 aromatic rings. The Kier molecular flexibility index (Phi) is 3.28. The first-order valence-electron chi connectivity index (χ1n) is 5.11. The maximum absolute atomic E-state index is 4.10. The van der Waals surface area contributed by atoms with Crippen LogP contribution in [0.4, 0.5) is 0 Å². The van der Waals surface area contributed by atoms with Crippen molar-refractivity contribution < 1.29 is 0 Å². The zero-order chi connectivity index (χ0) is 11.4. The van der Waals surface area contributed by atoms with Crippen LogP contribution in [-0.2, 0) is 6.54 Å². The molecule has 0 aromatic carbocycles. The van der Waals surface area contributed by atoms with Crippen LogP contribution < -0.4 is 5.43 Å². The molecule has 16 heavy (non-hydrogen) atoms. The fraction of sp³-hybridized carbons (Fsp3) is 0.273. The van der Waals surface area contributed by atoms with Gasteiger partial charge in [-0.15, -0.1) is 0 Å². The van der Waals surface area contributed by atoms with Crippen molar-refractivity contribution >= 4 is 0 Å². The normalized spacial score (nSPS) is 10.9. The molecule has 0 spiro atoms. The largest absolute Gasteiger partial charge is 0.277 e. The number of hydrogen-bond donors (Lipinski definition) is 2. The van der Waals surface area contributed by atoms with E-state index in [0.717, 1.165) is 23.4 Å². The average Bonchev–Trinajstić information content (AvgIpc) is 2.75. The monoisotopic (exact) mass is 217 g/mol. The van der Waals surface area contributed by atoms with Crippen molar-refractivity contribution in [3.63, 3.8) is 0 Å². The predicted octanol–water partition coefficient (Wildman–Crippen LogP) is 1.04. The standard InChI is InChI=1S/C11H15N5/c1-16(2)14-8-10-7-13-15-11(10)9-4-3-5-12-6-9/h3-7,14H,8H2,1-2H3,(H,13,15). The van der Waals surface area contributed by atoms with Crippen LogP contribution in [0, 0.1) is 0 Å². The van der Waals surface area contributed by atoms with Crippen molar-refractivity contribution in [1.82, 2.24) is 25.6 Å². The summed E-state index contributed by atoms with van der Waals surface area (Å²) in [7, 11) is 3.92. The molecule has 0 radical (unpaired) electrons. The van der Waals surface area contributed by atoms with Crippen molar-refractivity contribution in [3.05, 3.63) is 36.3 Å². The van der Waals surface area contributed by atoms with Gasteiger partial charge in [0.25, 0.3) is 0 Å². The number of aromatic nitrogens is 3. The van der Waals surface area contributed by atoms with Gasteiger partial charge in [-0.05, 0) is 12.1 Å². The Labute approximate surface area is 94.5 Å². The molecule has 5 heteroatoms. The van der Waals surface area contributed by atoms with E-state index >= 15 is 0 Å². The molecule has 0 atom stereocenters. The van der Waals surface area contributed by atoms with Gasteiger partial charge < -0.3 is 0 Å². The van der Waals surface area contributed by atoms with Gasteiger partial charge >= 0.3 is 0 Å². The summed E-state index contributed by atoms with van der Waals surface area (Å²) in [6.07, 6.45) is 5.42. The van der Waals surface area contributed by atoms with E-state index in [1.54, 1.807) is 6.20 Å². The number of H-pyrrole nitrogens is 1. The first-order valence-corrected chi connectivity index (χ1v) is 5.11. The molecule has 2 aromatic heterocycles. The van der Waals surface area contributed by atoms with Crippen molar-refractivity contribution in [2.45, 2.75) is 6.54 Å². The molecule has 2 rings (SSSR count). The Morgan fingerprint density at radius 2 is 2.25 bits per heavy atom. The molecule has 5 nitrogen and oxygen atoms in total. The van der Waals surface area contributed by atoms with E-state index in [1.165, 1.54) is 0 Å². The van der Waals surface area contributed by atoms with Crippen molar-refractivity contribution in [2.75, 3.05) is 14.1 Å². The van der Waals surface area contributed by atoms with E-state index in [9.17, 15) is 0 Å². The Hall–Kier alpha value is -1.72. The summed E-state index contributed by atoms with van der Waals surface area (Å²) < 4.78 is 0. The molecule has 0 aliphatic carbocycles. The second-order valence-corrected chi connectivity index (χ2v) is 3.74. The van der Waals surface area contributed by atoms with Gasteiger partial charge in [0.2, 0.25) is 0 Å². The van der Waals surface area contributed by atoms with Gasteiger partial charge in [-0.25, -0.2) is 0 Å². The van der Waals surface area contributed by atoms with Gasteiger partial charge in [0.1, 0.15) is 0 Å². The fourth-order valence-electron chi connectivity index (χ4n) is 1.45. The molecule has 0 aliphatic rings. The summed E-state index contributed by atoms with van der Waals surface area (Å²) in [5.74, 6) is 0. The van der Waals surface area contributed by atoms with Crippen LogP contribution >= 0.6 is 0 Å². The number of rotatable bonds is 4. The lowest BCUT2D eigenvalue weighted by molar-refractivity contribution is 0.286. The number of nitrogens with zero attached hydrogens (tertiary/aromatic N) is 3. The van der Waals surface area contributed by atoms with Crippen LogP contribution in [0.3, 0.4) is 0 Å². The highest BCUT2D eigenvalue weighted by Gasteiger charge is 2.07. The highest BCUT2D eigenvalue weighted by atomic mass is 15.5. The second kappa shape index (κ2) is 4.87. The van der Waals surface area contributed by atoms with Crippen LogP contribution in [0.5, 0.6) is 0 Å². The quantitative estimate of drug-likeness (QED) is 0.751. The summed E-state index contributed by atoms with van der Waals surface area (Å²) in [6.45, 7) is 0.744. The van der Waals surface area contributed by atoms with Crippen molar-refractivity contribution in [1.29, 1.82) is 0 Å². The summed E-state index contributed by atoms with van der Waals surface area (Å²) in [6, 6.07) is 3.93. The average molecular weight is 217 g/mol. The number of hydrogen-bond acceptors (Lipinski definition) is 4. The van der Waals surface area contributed by atoms with E-state index in [0.29, 0.717) is 0 Å². The van der Waals surface area contributed by atoms with Crippen molar-refractivity contribution in [2.24, 2.45) is 0 Å². The zero-order valence-corrected chi connectivity index (χ0v) is 9.44. The molecule has 2 heterocycles. The fourth-order valence-corrected chi connectivity index (χ4v) is 1.45. The Morgan fingerprint density at radius 1 is 1.38 bits per heavy atom. The number of hydrazine groups is 1. The van der Waals surface area contributed by atoms with Crippen LogP contribution in [-0.4, -0.2) is 34.3 Å². The molecule has 0 saturated heterocycles. The molecule has 0 aliphatic heterocycles. The summed E-state index contributed by atoms with van der Waals surface area (Å²) >= 11 is 0. The molecule has 0 amide bonds. The van der Waals surface area contributed by atoms with E-state index in [-0.39, 0.29) is 0 Å². The van der Waals surface area contributed by atoms with Gasteiger partial charge in [-0.3, -0.25) is 20.5 Å². The third kappa shape index (κ3) is 2.44. The van der Waals surface area contributed by atoms with Crippen LogP contribution in [0.25, 0.3) is 11.3 Å². The smallest absolute Gasteiger partial charge is 0.0711 e. The molecular formula is C11H15N5. The predicted molar refractivity (Wildman–Crippen MR) is 62.3 cm³/mol. The van der Waals surface area contributed by atoms with E-state index < -0.39 is 0 Å². The molecule has 0 fully saturated rings. The Morgan fingerprint density at radius 3 is 2.94 bits per heavy atom. The van der Waals surface area contributed by atoms with Gasteiger partial charge in [-0.1, -0.05) is 0 Å². The van der Waals surface area contributed by atoms with Gasteiger partial charge in [-0.2, -0.15) is 5.10 Å². The molecular weight excluding hydrogens is 202 g/mol. The van der Waals surface area contributed by atoms with Gasteiger partial charge in [0.05, 0.1) is 11.9 Å². The maximum Gasteiger partial charge on any atom is 0.0711 e. The summed E-state index contributed by atoms with van der Waals surface area (Å²) in [4.78, 5) is 4.10. The minimum absolute atomic E-state index is 0.744. The van der Waals surface area contributed by atoms with E-state index in [2.05, 4.69) is 20.6 Å². The topological polar surface area (TPSA) is 56.8 Å². The first-order chi connectivity index (χ1) is 7.77. The van der Waals surface area contributed by atoms with Gasteiger partial charge in [0, 0.05) is 44.2 Å². The maximum atomic E-state index is 4.10. The summed E-state index contributed by atoms with van der Waals surface area (Å²) in [5.41, 5.74) is 6.41. The minimum atomic E-state index is 0.744. The third-order valence-electron chi connectivity index (χ3n) is 2.25. The van der Waals surface area contributed by atoms with Gasteiger partial charge in [0.15, 0.2) is 0 Å². The SMILES string of the molecule is CN(C)NCc1cn[nH]c1-c1cccnc1. The van der Waals surface area contributed by atoms with Crippen LogP contribution in [0.15, 0.2) is 30.7 Å². The molecule has 2 N–H and O–H groups in total. The molecule has 84 valence electrons. The first kappa shape index (κ1) is 10.8. The lowest BCUT2D eigenvalue weighted by Crippen LogP contribution is -2.29. The number of aromatic amines is 1. The molecule has 0 saturated carbocycles. The molecule has 0 bridgehead atoms. The number of pyridine rings is 1. The highest BCUT2D eigenvalue weighted by Crippen LogP contribution is 2.19. The van der Waals surface area contributed by atoms with E-state index in [1.807, 2.05) is 43.6 Å². The van der Waals surface area contributed by atoms with Crippen LogP contribution in [0.2, 0.25) is 0 Å². The summed E-state index contributed by atoms with van der Waals surface area (Å²) in [5, 5.41) is 8.98. The second-order valence-electron chi connectivity index (χ2n) is 3.74.